The van der Waals surface area contributed by atoms with E-state index in [-0.39, 0.29) is 5.82 Å². The molecule has 0 aliphatic carbocycles. The Labute approximate surface area is 123 Å². The summed E-state index contributed by atoms with van der Waals surface area (Å²) in [6.07, 6.45) is 0.500. The molecule has 1 aromatic heterocycles. The average Bonchev–Trinajstić information content (AvgIpc) is 2.39. The second-order valence-corrected chi connectivity index (χ2v) is 5.02. The molecule has 0 atom stereocenters. The van der Waals surface area contributed by atoms with Crippen molar-refractivity contribution < 1.29 is 4.39 Å². The molecule has 0 fully saturated rings. The zero-order chi connectivity index (χ0) is 14.5. The van der Waals surface area contributed by atoms with E-state index in [1.807, 2.05) is 19.9 Å². The predicted octanol–water partition coefficient (Wildman–Crippen LogP) is 3.28. The minimum atomic E-state index is -0.336. The first-order valence-corrected chi connectivity index (χ1v) is 6.94. The predicted molar refractivity (Wildman–Crippen MR) is 78.4 cm³/mol. The van der Waals surface area contributed by atoms with Crippen LogP contribution in [0, 0.1) is 12.7 Å². The summed E-state index contributed by atoms with van der Waals surface area (Å²) >= 11 is 6.03. The number of aryl methyl sites for hydroxylation is 1. The Morgan fingerprint density at radius 1 is 1.25 bits per heavy atom. The second kappa shape index (κ2) is 6.77. The first kappa shape index (κ1) is 14.9. The van der Waals surface area contributed by atoms with Gasteiger partial charge in [0, 0.05) is 23.7 Å². The van der Waals surface area contributed by atoms with E-state index < -0.39 is 0 Å². The van der Waals surface area contributed by atoms with Gasteiger partial charge in [-0.15, -0.1) is 0 Å². The van der Waals surface area contributed by atoms with Crippen LogP contribution in [-0.2, 0) is 13.0 Å². The van der Waals surface area contributed by atoms with E-state index in [2.05, 4.69) is 15.3 Å². The summed E-state index contributed by atoms with van der Waals surface area (Å²) in [6.45, 7) is 5.59. The summed E-state index contributed by atoms with van der Waals surface area (Å²) < 4.78 is 13.0. The number of nitrogens with one attached hydrogen (secondary N) is 1. The highest BCUT2D eigenvalue weighted by Gasteiger charge is 2.07. The Morgan fingerprint density at radius 2 is 2.05 bits per heavy atom. The summed E-state index contributed by atoms with van der Waals surface area (Å²) in [6, 6.07) is 6.34. The zero-order valence-electron chi connectivity index (χ0n) is 11.6. The lowest BCUT2D eigenvalue weighted by Crippen LogP contribution is -2.14. The minimum absolute atomic E-state index is 0.336. The number of rotatable bonds is 5. The van der Waals surface area contributed by atoms with Gasteiger partial charge >= 0.3 is 0 Å². The molecular weight excluding hydrogens is 277 g/mol. The summed E-state index contributed by atoms with van der Waals surface area (Å²) in [5, 5.41) is 3.64. The molecule has 0 bridgehead atoms. The maximum Gasteiger partial charge on any atom is 0.133 e. The third kappa shape index (κ3) is 3.99. The van der Waals surface area contributed by atoms with Crippen LogP contribution in [0.3, 0.4) is 0 Å². The van der Waals surface area contributed by atoms with Gasteiger partial charge in [0.2, 0.25) is 0 Å². The molecule has 2 rings (SSSR count). The van der Waals surface area contributed by atoms with E-state index in [1.165, 1.54) is 12.1 Å². The number of aromatic nitrogens is 2. The van der Waals surface area contributed by atoms with E-state index in [9.17, 15) is 4.39 Å². The fourth-order valence-corrected chi connectivity index (χ4v) is 2.19. The molecule has 0 amide bonds. The highest BCUT2D eigenvalue weighted by molar-refractivity contribution is 6.31. The van der Waals surface area contributed by atoms with Crippen LogP contribution in [0.4, 0.5) is 4.39 Å². The third-order valence-corrected chi connectivity index (χ3v) is 3.23. The lowest BCUT2D eigenvalue weighted by Gasteiger charge is -2.08. The summed E-state index contributed by atoms with van der Waals surface area (Å²) in [4.78, 5) is 8.91. The van der Waals surface area contributed by atoms with Crippen LogP contribution in [0.25, 0.3) is 0 Å². The van der Waals surface area contributed by atoms with Gasteiger partial charge in [0.15, 0.2) is 0 Å². The SMILES string of the molecule is CCNCc1cc(C)nc(Cc2ccc(F)cc2Cl)n1. The van der Waals surface area contributed by atoms with Crippen LogP contribution in [-0.4, -0.2) is 16.5 Å². The number of halogens is 2. The molecule has 1 N–H and O–H groups in total. The van der Waals surface area contributed by atoms with E-state index in [1.54, 1.807) is 6.07 Å². The van der Waals surface area contributed by atoms with E-state index in [0.29, 0.717) is 23.8 Å². The Bertz CT molecular complexity index is 602. The minimum Gasteiger partial charge on any atom is -0.311 e. The van der Waals surface area contributed by atoms with Crippen LogP contribution in [0.1, 0.15) is 29.7 Å². The molecule has 0 saturated carbocycles. The highest BCUT2D eigenvalue weighted by atomic mass is 35.5. The Balaban J connectivity index is 2.21. The number of hydrogen-bond acceptors (Lipinski definition) is 3. The maximum absolute atomic E-state index is 13.0. The Morgan fingerprint density at radius 3 is 2.75 bits per heavy atom. The average molecular weight is 294 g/mol. The van der Waals surface area contributed by atoms with Crippen LogP contribution in [0.15, 0.2) is 24.3 Å². The summed E-state index contributed by atoms with van der Waals surface area (Å²) in [5.74, 6) is 0.364. The van der Waals surface area contributed by atoms with Crippen molar-refractivity contribution in [1.29, 1.82) is 0 Å². The van der Waals surface area contributed by atoms with Crippen LogP contribution < -0.4 is 5.32 Å². The van der Waals surface area contributed by atoms with Crippen molar-refractivity contribution in [3.63, 3.8) is 0 Å². The van der Waals surface area contributed by atoms with Crippen molar-refractivity contribution in [2.24, 2.45) is 0 Å². The van der Waals surface area contributed by atoms with Crippen molar-refractivity contribution >= 4 is 11.6 Å². The molecule has 0 saturated heterocycles. The smallest absolute Gasteiger partial charge is 0.133 e. The molecule has 0 unspecified atom stereocenters. The Kier molecular flexibility index (Phi) is 5.04. The van der Waals surface area contributed by atoms with Gasteiger partial charge in [0.05, 0.1) is 5.69 Å². The highest BCUT2D eigenvalue weighted by Crippen LogP contribution is 2.19. The van der Waals surface area contributed by atoms with Crippen molar-refractivity contribution in [3.8, 4) is 0 Å². The number of benzene rings is 1. The molecule has 106 valence electrons. The molecule has 0 aliphatic heterocycles. The fourth-order valence-electron chi connectivity index (χ4n) is 1.96. The van der Waals surface area contributed by atoms with Gasteiger partial charge in [-0.25, -0.2) is 14.4 Å². The lowest BCUT2D eigenvalue weighted by atomic mass is 10.1. The van der Waals surface area contributed by atoms with E-state index >= 15 is 0 Å². The van der Waals surface area contributed by atoms with Gasteiger partial charge in [-0.1, -0.05) is 24.6 Å². The standard InChI is InChI=1S/C15H17ClFN3/c1-3-18-9-13-6-10(2)19-15(20-13)7-11-4-5-12(17)8-14(11)16/h4-6,8,18H,3,7,9H2,1-2H3. The van der Waals surface area contributed by atoms with Gasteiger partial charge in [-0.05, 0) is 37.2 Å². The van der Waals surface area contributed by atoms with E-state index in [0.717, 1.165) is 23.5 Å². The number of nitrogens with zero attached hydrogens (tertiary/aromatic N) is 2. The zero-order valence-corrected chi connectivity index (χ0v) is 12.3. The first-order valence-electron chi connectivity index (χ1n) is 6.56. The van der Waals surface area contributed by atoms with Crippen LogP contribution in [0.5, 0.6) is 0 Å². The van der Waals surface area contributed by atoms with Gasteiger partial charge in [-0.3, -0.25) is 0 Å². The van der Waals surface area contributed by atoms with Crippen molar-refractivity contribution in [3.05, 3.63) is 57.9 Å². The van der Waals surface area contributed by atoms with Crippen LogP contribution in [0.2, 0.25) is 5.02 Å². The van der Waals surface area contributed by atoms with Crippen LogP contribution >= 0.6 is 11.6 Å². The normalized spacial score (nSPS) is 10.8. The van der Waals surface area contributed by atoms with E-state index in [4.69, 9.17) is 11.6 Å². The van der Waals surface area contributed by atoms with Crippen molar-refractivity contribution in [1.82, 2.24) is 15.3 Å². The molecule has 0 radical (unpaired) electrons. The Hall–Kier alpha value is -1.52. The topological polar surface area (TPSA) is 37.8 Å². The van der Waals surface area contributed by atoms with Crippen molar-refractivity contribution in [2.45, 2.75) is 26.8 Å². The molecule has 1 heterocycles. The number of hydrogen-bond donors (Lipinski definition) is 1. The monoisotopic (exact) mass is 293 g/mol. The second-order valence-electron chi connectivity index (χ2n) is 4.61. The molecule has 2 aromatic rings. The summed E-state index contributed by atoms with van der Waals surface area (Å²) in [5.41, 5.74) is 2.70. The van der Waals surface area contributed by atoms with Crippen molar-refractivity contribution in [2.75, 3.05) is 6.54 Å². The van der Waals surface area contributed by atoms with Gasteiger partial charge in [0.25, 0.3) is 0 Å². The fraction of sp³-hybridized carbons (Fsp3) is 0.333. The maximum atomic E-state index is 13.0. The molecule has 20 heavy (non-hydrogen) atoms. The largest absolute Gasteiger partial charge is 0.311 e. The third-order valence-electron chi connectivity index (χ3n) is 2.87. The molecule has 3 nitrogen and oxygen atoms in total. The van der Waals surface area contributed by atoms with Gasteiger partial charge < -0.3 is 5.32 Å². The lowest BCUT2D eigenvalue weighted by molar-refractivity contribution is 0.627. The van der Waals surface area contributed by atoms with Gasteiger partial charge in [-0.2, -0.15) is 0 Å². The quantitative estimate of drug-likeness (QED) is 0.919. The van der Waals surface area contributed by atoms with Gasteiger partial charge in [0.1, 0.15) is 11.6 Å². The molecule has 0 aliphatic rings. The molecule has 0 spiro atoms. The molecular formula is C15H17ClFN3. The summed E-state index contributed by atoms with van der Waals surface area (Å²) in [7, 11) is 0. The molecule has 5 heteroatoms. The molecule has 1 aromatic carbocycles. The first-order chi connectivity index (χ1) is 9.58.